The van der Waals surface area contributed by atoms with Gasteiger partial charge in [-0.05, 0) is 17.7 Å². The van der Waals surface area contributed by atoms with Crippen molar-refractivity contribution >= 4 is 28.0 Å². The lowest BCUT2D eigenvalue weighted by Crippen LogP contribution is -1.96. The summed E-state index contributed by atoms with van der Waals surface area (Å²) in [6, 6.07) is 8.77. The molecule has 0 atom stereocenters. The summed E-state index contributed by atoms with van der Waals surface area (Å²) in [6.45, 7) is 0. The van der Waals surface area contributed by atoms with Crippen molar-refractivity contribution in [3.05, 3.63) is 35.6 Å². The van der Waals surface area contributed by atoms with Gasteiger partial charge in [0.25, 0.3) is 0 Å². The lowest BCUT2D eigenvalue weighted by Gasteiger charge is -2.02. The fourth-order valence-electron chi connectivity index (χ4n) is 2.08. The maximum atomic E-state index is 10.0. The Kier molecular flexibility index (Phi) is 2.19. The van der Waals surface area contributed by atoms with E-state index in [1.54, 1.807) is 6.07 Å². The highest BCUT2D eigenvalue weighted by molar-refractivity contribution is 6.29. The van der Waals surface area contributed by atoms with E-state index in [1.807, 2.05) is 18.2 Å². The molecule has 0 fully saturated rings. The third-order valence-electron chi connectivity index (χ3n) is 2.95. The largest absolute Gasteiger partial charge is 0.492 e. The first kappa shape index (κ1) is 11.2. The molecule has 0 bridgehead atoms. The van der Waals surface area contributed by atoms with Gasteiger partial charge in [0.1, 0.15) is 0 Å². The maximum absolute atomic E-state index is 10.0. The first-order valence-electron chi connectivity index (χ1n) is 5.70. The van der Waals surface area contributed by atoms with E-state index in [4.69, 9.17) is 16.1 Å². The lowest BCUT2D eigenvalue weighted by atomic mass is 10.2. The highest BCUT2D eigenvalue weighted by atomic mass is 35.5. The molecular formula is C12H6ClN5O2. The summed E-state index contributed by atoms with van der Waals surface area (Å²) in [6.07, 6.45) is 0. The summed E-state index contributed by atoms with van der Waals surface area (Å²) in [7, 11) is 0. The van der Waals surface area contributed by atoms with Gasteiger partial charge in [0, 0.05) is 16.8 Å². The fraction of sp³-hybridized carbons (Fsp3) is 0. The third kappa shape index (κ3) is 1.47. The monoisotopic (exact) mass is 287 g/mol. The van der Waals surface area contributed by atoms with Crippen LogP contribution >= 0.6 is 11.6 Å². The minimum Gasteiger partial charge on any atom is -0.492 e. The smallest absolute Gasteiger partial charge is 0.237 e. The Morgan fingerprint density at radius 2 is 1.95 bits per heavy atom. The van der Waals surface area contributed by atoms with Crippen molar-refractivity contribution in [2.45, 2.75) is 0 Å². The van der Waals surface area contributed by atoms with E-state index in [-0.39, 0.29) is 11.1 Å². The number of rotatable bonds is 1. The Labute approximate surface area is 116 Å². The van der Waals surface area contributed by atoms with E-state index in [0.717, 1.165) is 5.39 Å². The van der Waals surface area contributed by atoms with Crippen LogP contribution in [-0.4, -0.2) is 30.1 Å². The Balaban J connectivity index is 2.11. The number of aromatic nitrogens is 5. The van der Waals surface area contributed by atoms with Gasteiger partial charge in [-0.1, -0.05) is 23.4 Å². The zero-order chi connectivity index (χ0) is 13.7. The topological polar surface area (TPSA) is 89.3 Å². The van der Waals surface area contributed by atoms with E-state index in [1.165, 1.54) is 10.6 Å². The Morgan fingerprint density at radius 1 is 1.15 bits per heavy atom. The summed E-state index contributed by atoms with van der Waals surface area (Å²) < 4.78 is 6.21. The van der Waals surface area contributed by atoms with E-state index < -0.39 is 0 Å². The number of hydrogen-bond acceptors (Lipinski definition) is 6. The Morgan fingerprint density at radius 3 is 2.70 bits per heavy atom. The number of nitrogens with zero attached hydrogens (tertiary/aromatic N) is 5. The van der Waals surface area contributed by atoms with Crippen LogP contribution < -0.4 is 0 Å². The number of aromatic hydroxyl groups is 1. The zero-order valence-electron chi connectivity index (χ0n) is 9.86. The van der Waals surface area contributed by atoms with Crippen molar-refractivity contribution in [2.75, 3.05) is 0 Å². The zero-order valence-corrected chi connectivity index (χ0v) is 10.6. The van der Waals surface area contributed by atoms with E-state index >= 15 is 0 Å². The molecule has 4 rings (SSSR count). The van der Waals surface area contributed by atoms with Crippen molar-refractivity contribution in [1.82, 2.24) is 25.0 Å². The molecule has 0 unspecified atom stereocenters. The van der Waals surface area contributed by atoms with Gasteiger partial charge in [-0.25, -0.2) is 0 Å². The summed E-state index contributed by atoms with van der Waals surface area (Å²) >= 11 is 5.70. The predicted molar refractivity (Wildman–Crippen MR) is 70.5 cm³/mol. The van der Waals surface area contributed by atoms with Crippen LogP contribution in [0.5, 0.6) is 5.88 Å². The Bertz CT molecular complexity index is 945. The van der Waals surface area contributed by atoms with E-state index in [0.29, 0.717) is 22.6 Å². The van der Waals surface area contributed by atoms with E-state index in [2.05, 4.69) is 20.5 Å². The van der Waals surface area contributed by atoms with Crippen molar-refractivity contribution in [2.24, 2.45) is 0 Å². The molecule has 4 aromatic rings. The molecule has 8 heteroatoms. The molecule has 0 spiro atoms. The third-order valence-corrected chi connectivity index (χ3v) is 3.13. The molecule has 0 saturated heterocycles. The summed E-state index contributed by atoms with van der Waals surface area (Å²) in [5.41, 5.74) is 0.914. The van der Waals surface area contributed by atoms with Crippen LogP contribution in [0.1, 0.15) is 0 Å². The number of fused-ring (bicyclic) bond motifs is 3. The first-order valence-corrected chi connectivity index (χ1v) is 6.07. The van der Waals surface area contributed by atoms with Crippen LogP contribution in [-0.2, 0) is 0 Å². The van der Waals surface area contributed by atoms with Gasteiger partial charge in [-0.2, -0.15) is 4.52 Å². The van der Waals surface area contributed by atoms with Crippen LogP contribution in [0.2, 0.25) is 5.22 Å². The molecule has 0 radical (unpaired) electrons. The minimum atomic E-state index is -0.108. The first-order chi connectivity index (χ1) is 9.74. The quantitative estimate of drug-likeness (QED) is 0.578. The molecule has 7 nitrogen and oxygen atoms in total. The fourth-order valence-corrected chi connectivity index (χ4v) is 2.22. The standard InChI is InChI=1S/C12H6ClN5O2/c13-9-5-8(17-20-9)11-15-14-10-6-3-1-2-4-7(6)12(19)16-18(10)11/h1-5H,(H,16,19). The highest BCUT2D eigenvalue weighted by Crippen LogP contribution is 2.28. The maximum Gasteiger partial charge on any atom is 0.237 e. The van der Waals surface area contributed by atoms with Crippen molar-refractivity contribution in [3.63, 3.8) is 0 Å². The molecule has 0 amide bonds. The molecule has 1 aromatic carbocycles. The van der Waals surface area contributed by atoms with E-state index in [9.17, 15) is 5.11 Å². The van der Waals surface area contributed by atoms with Gasteiger partial charge in [-0.3, -0.25) is 0 Å². The minimum absolute atomic E-state index is 0.108. The number of hydrogen-bond donors (Lipinski definition) is 1. The SMILES string of the molecule is Oc1nn2c(-c3cc(Cl)on3)nnc2c2ccccc12. The number of benzene rings is 1. The molecule has 0 aliphatic rings. The summed E-state index contributed by atoms with van der Waals surface area (Å²) in [5.74, 6) is 0.237. The van der Waals surface area contributed by atoms with Crippen molar-refractivity contribution in [3.8, 4) is 17.4 Å². The predicted octanol–water partition coefficient (Wildman–Crippen LogP) is 2.29. The molecule has 20 heavy (non-hydrogen) atoms. The van der Waals surface area contributed by atoms with Crippen LogP contribution in [0, 0.1) is 0 Å². The van der Waals surface area contributed by atoms with Crippen molar-refractivity contribution < 1.29 is 9.63 Å². The van der Waals surface area contributed by atoms with Gasteiger partial charge >= 0.3 is 0 Å². The molecular weight excluding hydrogens is 282 g/mol. The average molecular weight is 288 g/mol. The van der Waals surface area contributed by atoms with Gasteiger partial charge in [0.05, 0.1) is 0 Å². The second-order valence-corrected chi connectivity index (χ2v) is 4.52. The molecule has 3 heterocycles. The number of halogens is 1. The molecule has 0 aliphatic carbocycles. The molecule has 3 aromatic heterocycles. The molecule has 1 N–H and O–H groups in total. The van der Waals surface area contributed by atoms with Gasteiger partial charge in [-0.15, -0.1) is 15.3 Å². The second-order valence-electron chi connectivity index (χ2n) is 4.14. The summed E-state index contributed by atoms with van der Waals surface area (Å²) in [5, 5.41) is 27.5. The van der Waals surface area contributed by atoms with Crippen molar-refractivity contribution in [1.29, 1.82) is 0 Å². The summed E-state index contributed by atoms with van der Waals surface area (Å²) in [4.78, 5) is 0. The molecule has 0 saturated carbocycles. The van der Waals surface area contributed by atoms with Gasteiger partial charge in [0.15, 0.2) is 11.3 Å². The normalized spacial score (nSPS) is 11.4. The second kappa shape index (κ2) is 3.91. The van der Waals surface area contributed by atoms with Gasteiger partial charge < -0.3 is 9.63 Å². The lowest BCUT2D eigenvalue weighted by molar-refractivity contribution is 0.423. The van der Waals surface area contributed by atoms with Crippen LogP contribution in [0.25, 0.3) is 27.9 Å². The highest BCUT2D eigenvalue weighted by Gasteiger charge is 2.17. The van der Waals surface area contributed by atoms with Crippen LogP contribution in [0.3, 0.4) is 0 Å². The van der Waals surface area contributed by atoms with Crippen LogP contribution in [0.4, 0.5) is 0 Å². The Hall–Kier alpha value is -2.67. The van der Waals surface area contributed by atoms with Gasteiger partial charge in [0.2, 0.25) is 16.9 Å². The molecule has 98 valence electrons. The van der Waals surface area contributed by atoms with Crippen LogP contribution in [0.15, 0.2) is 34.9 Å². The average Bonchev–Trinajstić information content (AvgIpc) is 3.05. The molecule has 0 aliphatic heterocycles.